The monoisotopic (exact) mass is 287 g/mol. The number of tetrazole rings is 1. The molecule has 2 aromatic rings. The summed E-state index contributed by atoms with van der Waals surface area (Å²) in [5, 5.41) is 24.1. The largest absolute Gasteiger partial charge is 0.380 e. The second kappa shape index (κ2) is 5.25. The van der Waals surface area contributed by atoms with E-state index in [1.165, 1.54) is 6.33 Å². The van der Waals surface area contributed by atoms with Crippen LogP contribution in [0.1, 0.15) is 31.2 Å². The van der Waals surface area contributed by atoms with Crippen LogP contribution in [-0.2, 0) is 4.79 Å². The maximum Gasteiger partial charge on any atom is 0.256 e. The molecule has 2 N–H and O–H groups in total. The van der Waals surface area contributed by atoms with Crippen LogP contribution in [-0.4, -0.2) is 36.8 Å². The smallest absolute Gasteiger partial charge is 0.256 e. The second-order valence-corrected chi connectivity index (χ2v) is 5.45. The summed E-state index contributed by atoms with van der Waals surface area (Å²) in [5.41, 5.74) is 1.22. The summed E-state index contributed by atoms with van der Waals surface area (Å²) in [5.74, 6) is -0.324. The summed E-state index contributed by atoms with van der Waals surface area (Å²) in [6.07, 6.45) is 4.35. The Hall–Kier alpha value is -2.28. The van der Waals surface area contributed by atoms with Crippen LogP contribution in [0.2, 0.25) is 0 Å². The highest BCUT2D eigenvalue weighted by molar-refractivity contribution is 5.97. The normalized spacial score (nSPS) is 16.9. The third-order valence-corrected chi connectivity index (χ3v) is 3.90. The molecule has 1 aromatic carbocycles. The van der Waals surface area contributed by atoms with Crippen LogP contribution in [0.3, 0.4) is 0 Å². The fraction of sp³-hybridized carbons (Fsp3) is 0.429. The van der Waals surface area contributed by atoms with Gasteiger partial charge in [0.15, 0.2) is 0 Å². The molecule has 0 unspecified atom stereocenters. The van der Waals surface area contributed by atoms with Gasteiger partial charge in [-0.15, -0.1) is 5.10 Å². The lowest BCUT2D eigenvalue weighted by molar-refractivity contribution is -0.133. The summed E-state index contributed by atoms with van der Waals surface area (Å²) < 4.78 is 1.56. The SMILES string of the molecule is Cc1cc(NC(=O)C2(O)CCCC2)ccc1-n1cnnn1. The van der Waals surface area contributed by atoms with Gasteiger partial charge >= 0.3 is 0 Å². The number of nitrogens with one attached hydrogen (secondary N) is 1. The highest BCUT2D eigenvalue weighted by atomic mass is 16.3. The van der Waals surface area contributed by atoms with E-state index in [4.69, 9.17) is 0 Å². The maximum absolute atomic E-state index is 12.2. The lowest BCUT2D eigenvalue weighted by Gasteiger charge is -2.21. The average molecular weight is 287 g/mol. The average Bonchev–Trinajstić information content (AvgIpc) is 3.11. The zero-order valence-electron chi connectivity index (χ0n) is 11.8. The number of aryl methyl sites for hydroxylation is 1. The van der Waals surface area contributed by atoms with Crippen molar-refractivity contribution in [2.24, 2.45) is 0 Å². The van der Waals surface area contributed by atoms with E-state index < -0.39 is 5.60 Å². The Kier molecular flexibility index (Phi) is 3.42. The minimum atomic E-state index is -1.22. The van der Waals surface area contributed by atoms with E-state index in [1.54, 1.807) is 10.7 Å². The van der Waals surface area contributed by atoms with Gasteiger partial charge in [-0.2, -0.15) is 0 Å². The number of benzene rings is 1. The number of carbonyl (C=O) groups is 1. The van der Waals surface area contributed by atoms with E-state index in [9.17, 15) is 9.90 Å². The summed E-state index contributed by atoms with van der Waals surface area (Å²) in [4.78, 5) is 12.2. The van der Waals surface area contributed by atoms with E-state index in [2.05, 4.69) is 20.8 Å². The standard InChI is InChI=1S/C14H17N5O2/c1-10-8-11(4-5-12(10)19-9-15-17-18-19)16-13(20)14(21)6-2-3-7-14/h4-5,8-9,21H,2-3,6-7H2,1H3,(H,16,20). The van der Waals surface area contributed by atoms with Crippen molar-refractivity contribution in [3.63, 3.8) is 0 Å². The van der Waals surface area contributed by atoms with Crippen molar-refractivity contribution in [3.8, 4) is 5.69 Å². The Morgan fingerprint density at radius 2 is 2.14 bits per heavy atom. The van der Waals surface area contributed by atoms with Crippen molar-refractivity contribution in [2.45, 2.75) is 38.2 Å². The first-order chi connectivity index (χ1) is 10.1. The molecule has 0 saturated heterocycles. The second-order valence-electron chi connectivity index (χ2n) is 5.45. The minimum Gasteiger partial charge on any atom is -0.380 e. The predicted molar refractivity (Wildman–Crippen MR) is 75.9 cm³/mol. The molecule has 1 saturated carbocycles. The van der Waals surface area contributed by atoms with E-state index in [0.717, 1.165) is 24.1 Å². The Morgan fingerprint density at radius 3 is 2.76 bits per heavy atom. The van der Waals surface area contributed by atoms with Crippen molar-refractivity contribution in [2.75, 3.05) is 5.32 Å². The van der Waals surface area contributed by atoms with Crippen LogP contribution in [0.5, 0.6) is 0 Å². The zero-order chi connectivity index (χ0) is 14.9. The summed E-state index contributed by atoms with van der Waals surface area (Å²) in [6.45, 7) is 1.91. The Balaban J connectivity index is 1.78. The Morgan fingerprint density at radius 1 is 1.38 bits per heavy atom. The third-order valence-electron chi connectivity index (χ3n) is 3.90. The third kappa shape index (κ3) is 2.64. The highest BCUT2D eigenvalue weighted by Crippen LogP contribution is 2.30. The quantitative estimate of drug-likeness (QED) is 0.885. The Labute approximate surface area is 122 Å². The van der Waals surface area contributed by atoms with Gasteiger partial charge in [0.2, 0.25) is 0 Å². The first kappa shape index (κ1) is 13.7. The number of anilines is 1. The van der Waals surface area contributed by atoms with Crippen molar-refractivity contribution in [3.05, 3.63) is 30.1 Å². The minimum absolute atomic E-state index is 0.324. The maximum atomic E-state index is 12.2. The topological polar surface area (TPSA) is 92.9 Å². The number of aliphatic hydroxyl groups is 1. The summed E-state index contributed by atoms with van der Waals surface area (Å²) >= 11 is 0. The molecule has 110 valence electrons. The molecule has 0 aliphatic heterocycles. The number of carbonyl (C=O) groups excluding carboxylic acids is 1. The first-order valence-electron chi connectivity index (χ1n) is 6.96. The number of aromatic nitrogens is 4. The molecule has 3 rings (SSSR count). The molecule has 1 aromatic heterocycles. The molecule has 1 aliphatic rings. The van der Waals surface area contributed by atoms with Gasteiger partial charge in [-0.05, 0) is 66.8 Å². The zero-order valence-corrected chi connectivity index (χ0v) is 11.8. The van der Waals surface area contributed by atoms with Gasteiger partial charge in [-0.1, -0.05) is 0 Å². The van der Waals surface area contributed by atoms with Gasteiger partial charge in [0, 0.05) is 5.69 Å². The van der Waals surface area contributed by atoms with E-state index in [1.807, 2.05) is 19.1 Å². The molecule has 1 fully saturated rings. The Bertz CT molecular complexity index is 647. The van der Waals surface area contributed by atoms with E-state index in [0.29, 0.717) is 18.5 Å². The summed E-state index contributed by atoms with van der Waals surface area (Å²) in [6, 6.07) is 5.45. The van der Waals surface area contributed by atoms with Crippen LogP contribution in [0.15, 0.2) is 24.5 Å². The number of hydrogen-bond acceptors (Lipinski definition) is 5. The summed E-state index contributed by atoms with van der Waals surface area (Å²) in [7, 11) is 0. The van der Waals surface area contributed by atoms with Gasteiger partial charge in [0.25, 0.3) is 5.91 Å². The van der Waals surface area contributed by atoms with Gasteiger partial charge in [0.05, 0.1) is 5.69 Å². The molecule has 0 bridgehead atoms. The van der Waals surface area contributed by atoms with Crippen molar-refractivity contribution < 1.29 is 9.90 Å². The van der Waals surface area contributed by atoms with Crippen LogP contribution < -0.4 is 5.32 Å². The molecule has 1 heterocycles. The van der Waals surface area contributed by atoms with Gasteiger partial charge in [-0.3, -0.25) is 4.79 Å². The molecule has 1 amide bonds. The lowest BCUT2D eigenvalue weighted by atomic mass is 10.0. The molecule has 7 heteroatoms. The van der Waals surface area contributed by atoms with Crippen LogP contribution in [0, 0.1) is 6.92 Å². The van der Waals surface area contributed by atoms with E-state index in [-0.39, 0.29) is 5.91 Å². The fourth-order valence-electron chi connectivity index (χ4n) is 2.70. The molecule has 0 radical (unpaired) electrons. The lowest BCUT2D eigenvalue weighted by Crippen LogP contribution is -2.40. The molecular formula is C14H17N5O2. The number of rotatable bonds is 3. The molecular weight excluding hydrogens is 270 g/mol. The molecule has 0 spiro atoms. The molecule has 1 aliphatic carbocycles. The predicted octanol–water partition coefficient (Wildman–Crippen LogP) is 1.21. The van der Waals surface area contributed by atoms with Crippen LogP contribution in [0.25, 0.3) is 5.69 Å². The van der Waals surface area contributed by atoms with E-state index >= 15 is 0 Å². The van der Waals surface area contributed by atoms with Gasteiger partial charge in [-0.25, -0.2) is 4.68 Å². The number of nitrogens with zero attached hydrogens (tertiary/aromatic N) is 4. The molecule has 7 nitrogen and oxygen atoms in total. The van der Waals surface area contributed by atoms with Crippen molar-refractivity contribution in [1.29, 1.82) is 0 Å². The van der Waals surface area contributed by atoms with Crippen molar-refractivity contribution in [1.82, 2.24) is 20.2 Å². The first-order valence-corrected chi connectivity index (χ1v) is 6.96. The number of hydrogen-bond donors (Lipinski definition) is 2. The van der Waals surface area contributed by atoms with Gasteiger partial charge < -0.3 is 10.4 Å². The fourth-order valence-corrected chi connectivity index (χ4v) is 2.70. The number of amides is 1. The van der Waals surface area contributed by atoms with Crippen molar-refractivity contribution >= 4 is 11.6 Å². The molecule has 21 heavy (non-hydrogen) atoms. The van der Waals surface area contributed by atoms with Gasteiger partial charge in [0.1, 0.15) is 11.9 Å². The highest BCUT2D eigenvalue weighted by Gasteiger charge is 2.38. The molecule has 0 atom stereocenters. The van der Waals surface area contributed by atoms with Crippen LogP contribution >= 0.6 is 0 Å². The van der Waals surface area contributed by atoms with Crippen LogP contribution in [0.4, 0.5) is 5.69 Å².